The molecule has 1 aromatic rings. The second-order valence-corrected chi connectivity index (χ2v) is 5.36. The van der Waals surface area contributed by atoms with Gasteiger partial charge in [0, 0.05) is 6.42 Å². The lowest BCUT2D eigenvalue weighted by molar-refractivity contribution is -0.122. The molecule has 2 atom stereocenters. The van der Waals surface area contributed by atoms with Crippen LogP contribution in [-0.4, -0.2) is 18.6 Å². The van der Waals surface area contributed by atoms with Crippen LogP contribution in [0.3, 0.4) is 0 Å². The van der Waals surface area contributed by atoms with E-state index in [0.29, 0.717) is 18.9 Å². The Balaban J connectivity index is 1.54. The summed E-state index contributed by atoms with van der Waals surface area (Å²) in [5, 5.41) is 3.09. The summed E-state index contributed by atoms with van der Waals surface area (Å²) in [5.41, 5.74) is 1.18. The lowest BCUT2D eigenvalue weighted by Gasteiger charge is -2.26. The van der Waals surface area contributed by atoms with Crippen LogP contribution in [0.5, 0.6) is 5.75 Å². The first kappa shape index (κ1) is 12.3. The second-order valence-electron chi connectivity index (χ2n) is 5.36. The molecule has 3 nitrogen and oxygen atoms in total. The molecule has 0 radical (unpaired) electrons. The Morgan fingerprint density at radius 1 is 1.37 bits per heavy atom. The maximum atomic E-state index is 12.0. The van der Waals surface area contributed by atoms with Gasteiger partial charge in [-0.3, -0.25) is 4.79 Å². The van der Waals surface area contributed by atoms with E-state index in [1.165, 1.54) is 5.56 Å². The van der Waals surface area contributed by atoms with E-state index < -0.39 is 0 Å². The second kappa shape index (κ2) is 5.47. The van der Waals surface area contributed by atoms with Crippen molar-refractivity contribution >= 4 is 5.91 Å². The number of carbonyl (C=O) groups is 1. The molecule has 0 aromatic heterocycles. The van der Waals surface area contributed by atoms with Crippen LogP contribution in [-0.2, 0) is 11.2 Å². The molecular formula is C16H19NO2. The number of nitrogens with one attached hydrogen (secondary N) is 1. The number of rotatable bonds is 3. The fourth-order valence-corrected chi connectivity index (χ4v) is 2.81. The van der Waals surface area contributed by atoms with Gasteiger partial charge in [0.15, 0.2) is 0 Å². The number of fused-ring (bicyclic) bond motifs is 1. The topological polar surface area (TPSA) is 38.3 Å². The van der Waals surface area contributed by atoms with Gasteiger partial charge >= 0.3 is 0 Å². The maximum Gasteiger partial charge on any atom is 0.220 e. The van der Waals surface area contributed by atoms with Crippen molar-refractivity contribution in [3.63, 3.8) is 0 Å². The summed E-state index contributed by atoms with van der Waals surface area (Å²) < 4.78 is 5.68. The number of benzene rings is 1. The van der Waals surface area contributed by atoms with Gasteiger partial charge in [-0.1, -0.05) is 30.4 Å². The van der Waals surface area contributed by atoms with Crippen molar-refractivity contribution in [2.45, 2.75) is 31.7 Å². The Morgan fingerprint density at radius 2 is 2.26 bits per heavy atom. The monoisotopic (exact) mass is 257 g/mol. The van der Waals surface area contributed by atoms with Crippen molar-refractivity contribution < 1.29 is 9.53 Å². The van der Waals surface area contributed by atoms with E-state index in [1.54, 1.807) is 0 Å². The molecule has 3 heteroatoms. The molecule has 0 bridgehead atoms. The Morgan fingerprint density at radius 3 is 3.11 bits per heavy atom. The quantitative estimate of drug-likeness (QED) is 0.845. The van der Waals surface area contributed by atoms with Gasteiger partial charge < -0.3 is 10.1 Å². The summed E-state index contributed by atoms with van der Waals surface area (Å²) in [6.07, 6.45) is 8.01. The summed E-state index contributed by atoms with van der Waals surface area (Å²) in [4.78, 5) is 12.0. The molecule has 0 saturated carbocycles. The van der Waals surface area contributed by atoms with Crippen LogP contribution in [0, 0.1) is 5.92 Å². The summed E-state index contributed by atoms with van der Waals surface area (Å²) in [7, 11) is 0. The number of para-hydroxylation sites is 1. The zero-order chi connectivity index (χ0) is 13.1. The molecule has 100 valence electrons. The van der Waals surface area contributed by atoms with Gasteiger partial charge in [0.2, 0.25) is 5.91 Å². The zero-order valence-electron chi connectivity index (χ0n) is 11.0. The van der Waals surface area contributed by atoms with Gasteiger partial charge in [-0.25, -0.2) is 0 Å². The van der Waals surface area contributed by atoms with Crippen molar-refractivity contribution in [1.82, 2.24) is 5.32 Å². The van der Waals surface area contributed by atoms with Crippen LogP contribution in [0.1, 0.15) is 24.8 Å². The molecule has 19 heavy (non-hydrogen) atoms. The van der Waals surface area contributed by atoms with Gasteiger partial charge in [0.1, 0.15) is 12.4 Å². The summed E-state index contributed by atoms with van der Waals surface area (Å²) >= 11 is 0. The van der Waals surface area contributed by atoms with E-state index >= 15 is 0 Å². The van der Waals surface area contributed by atoms with E-state index in [4.69, 9.17) is 4.74 Å². The molecule has 1 aliphatic heterocycles. The van der Waals surface area contributed by atoms with Gasteiger partial charge in [0.05, 0.1) is 6.04 Å². The molecule has 1 aliphatic carbocycles. The largest absolute Gasteiger partial charge is 0.491 e. The highest BCUT2D eigenvalue weighted by Crippen LogP contribution is 2.24. The van der Waals surface area contributed by atoms with Crippen molar-refractivity contribution in [3.8, 4) is 5.75 Å². The van der Waals surface area contributed by atoms with Crippen LogP contribution < -0.4 is 10.1 Å². The predicted molar refractivity (Wildman–Crippen MR) is 74.1 cm³/mol. The molecule has 0 saturated heterocycles. The van der Waals surface area contributed by atoms with Crippen molar-refractivity contribution in [2.24, 2.45) is 5.92 Å². The fourth-order valence-electron chi connectivity index (χ4n) is 2.81. The third-order valence-electron chi connectivity index (χ3n) is 3.80. The third kappa shape index (κ3) is 2.98. The van der Waals surface area contributed by atoms with Crippen molar-refractivity contribution in [2.75, 3.05) is 6.61 Å². The highest BCUT2D eigenvalue weighted by Gasteiger charge is 2.22. The lowest BCUT2D eigenvalue weighted by atomic mass is 10.0. The minimum atomic E-state index is 0.104. The van der Waals surface area contributed by atoms with Crippen LogP contribution in [0.2, 0.25) is 0 Å². The summed E-state index contributed by atoms with van der Waals surface area (Å²) in [5.74, 6) is 1.52. The molecule has 0 unspecified atom stereocenters. The Labute approximate surface area is 113 Å². The number of carbonyl (C=O) groups excluding carboxylic acids is 1. The molecule has 0 fully saturated rings. The molecule has 1 amide bonds. The standard InChI is InChI=1S/C16H19NO2/c18-16(9-12-5-1-2-6-12)17-14-10-13-7-3-4-8-15(13)19-11-14/h1,3-5,7-8,12,14H,2,6,9-11H2,(H,17,18)/t12-,14+/m1/s1. The SMILES string of the molecule is O=C(C[C@@H]1C=CCC1)N[C@@H]1COc2ccccc2C1. The Hall–Kier alpha value is -1.77. The van der Waals surface area contributed by atoms with E-state index in [0.717, 1.165) is 25.0 Å². The molecule has 3 rings (SSSR count). The van der Waals surface area contributed by atoms with Crippen LogP contribution >= 0.6 is 0 Å². The normalized spacial score (nSPS) is 24.6. The third-order valence-corrected chi connectivity index (χ3v) is 3.80. The van der Waals surface area contributed by atoms with Gasteiger partial charge in [-0.05, 0) is 36.8 Å². The highest BCUT2D eigenvalue weighted by atomic mass is 16.5. The van der Waals surface area contributed by atoms with E-state index in [1.807, 2.05) is 18.2 Å². The first-order chi connectivity index (χ1) is 9.31. The van der Waals surface area contributed by atoms with Gasteiger partial charge in [-0.15, -0.1) is 0 Å². The number of ether oxygens (including phenoxy) is 1. The summed E-state index contributed by atoms with van der Waals surface area (Å²) in [6, 6.07) is 8.14. The number of hydrogen-bond acceptors (Lipinski definition) is 2. The predicted octanol–water partition coefficient (Wildman–Crippen LogP) is 2.46. The average molecular weight is 257 g/mol. The minimum absolute atomic E-state index is 0.104. The first-order valence-electron chi connectivity index (χ1n) is 6.98. The zero-order valence-corrected chi connectivity index (χ0v) is 11.0. The van der Waals surface area contributed by atoms with Crippen molar-refractivity contribution in [3.05, 3.63) is 42.0 Å². The molecule has 1 aromatic carbocycles. The molecule has 1 N–H and O–H groups in total. The number of hydrogen-bond donors (Lipinski definition) is 1. The molecule has 1 heterocycles. The van der Waals surface area contributed by atoms with Gasteiger partial charge in [-0.2, -0.15) is 0 Å². The maximum absolute atomic E-state index is 12.0. The van der Waals surface area contributed by atoms with Crippen LogP contribution in [0.15, 0.2) is 36.4 Å². The fraction of sp³-hybridized carbons (Fsp3) is 0.438. The number of amides is 1. The Bertz CT molecular complexity index is 495. The number of allylic oxidation sites excluding steroid dienone is 2. The molecule has 2 aliphatic rings. The average Bonchev–Trinajstić information content (AvgIpc) is 2.91. The van der Waals surface area contributed by atoms with Crippen LogP contribution in [0.25, 0.3) is 0 Å². The summed E-state index contributed by atoms with van der Waals surface area (Å²) in [6.45, 7) is 0.573. The van der Waals surface area contributed by atoms with E-state index in [9.17, 15) is 4.79 Å². The first-order valence-corrected chi connectivity index (χ1v) is 6.98. The van der Waals surface area contributed by atoms with Gasteiger partial charge in [0.25, 0.3) is 0 Å². The molecular weight excluding hydrogens is 238 g/mol. The van der Waals surface area contributed by atoms with Crippen molar-refractivity contribution in [1.29, 1.82) is 0 Å². The Kier molecular flexibility index (Phi) is 3.53. The highest BCUT2D eigenvalue weighted by molar-refractivity contribution is 5.77. The molecule has 0 spiro atoms. The van der Waals surface area contributed by atoms with E-state index in [2.05, 4.69) is 23.5 Å². The van der Waals surface area contributed by atoms with Crippen LogP contribution in [0.4, 0.5) is 0 Å². The lowest BCUT2D eigenvalue weighted by Crippen LogP contribution is -2.43. The van der Waals surface area contributed by atoms with E-state index in [-0.39, 0.29) is 11.9 Å². The smallest absolute Gasteiger partial charge is 0.220 e. The minimum Gasteiger partial charge on any atom is -0.491 e.